The van der Waals surface area contributed by atoms with Gasteiger partial charge in [0.15, 0.2) is 5.13 Å². The molecule has 3 rings (SSSR count). The van der Waals surface area contributed by atoms with Crippen molar-refractivity contribution < 1.29 is 14.3 Å². The zero-order chi connectivity index (χ0) is 18.4. The lowest BCUT2D eigenvalue weighted by Crippen LogP contribution is -2.18. The van der Waals surface area contributed by atoms with Gasteiger partial charge in [-0.2, -0.15) is 0 Å². The van der Waals surface area contributed by atoms with Gasteiger partial charge in [0.1, 0.15) is 0 Å². The van der Waals surface area contributed by atoms with Gasteiger partial charge < -0.3 is 14.8 Å². The first-order valence-corrected chi connectivity index (χ1v) is 10.0. The van der Waals surface area contributed by atoms with E-state index in [1.807, 2.05) is 30.3 Å². The molecule has 0 radical (unpaired) electrons. The molecule has 0 saturated carbocycles. The maximum Gasteiger partial charge on any atom is 0.228 e. The Morgan fingerprint density at radius 2 is 2.19 bits per heavy atom. The molecule has 1 aromatic carbocycles. The number of nitrogens with one attached hydrogen (secondary N) is 1. The molecule has 1 unspecified atom stereocenters. The second-order valence-corrected chi connectivity index (χ2v) is 7.79. The topological polar surface area (TPSA) is 60.5 Å². The summed E-state index contributed by atoms with van der Waals surface area (Å²) in [5, 5.41) is 3.56. The zero-order valence-electron chi connectivity index (χ0n) is 15.4. The lowest BCUT2D eigenvalue weighted by Gasteiger charge is -2.09. The maximum atomic E-state index is 12.2. The summed E-state index contributed by atoms with van der Waals surface area (Å²) in [6.07, 6.45) is 2.66. The van der Waals surface area contributed by atoms with Crippen LogP contribution in [0.4, 0.5) is 5.13 Å². The first-order valence-electron chi connectivity index (χ1n) is 9.19. The largest absolute Gasteiger partial charge is 0.378 e. The number of aromatic nitrogens is 1. The molecular formula is C20H26N2O3S. The quantitative estimate of drug-likeness (QED) is 0.693. The van der Waals surface area contributed by atoms with Crippen molar-refractivity contribution in [3.8, 4) is 11.3 Å². The van der Waals surface area contributed by atoms with Gasteiger partial charge >= 0.3 is 0 Å². The van der Waals surface area contributed by atoms with Crippen LogP contribution in [0.5, 0.6) is 0 Å². The molecule has 0 aliphatic carbocycles. The van der Waals surface area contributed by atoms with E-state index >= 15 is 0 Å². The molecule has 1 fully saturated rings. The minimum atomic E-state index is -0.0685. The predicted molar refractivity (Wildman–Crippen MR) is 105 cm³/mol. The monoisotopic (exact) mass is 374 g/mol. The number of amides is 1. The van der Waals surface area contributed by atoms with Crippen LogP contribution in [0.15, 0.2) is 30.3 Å². The summed E-state index contributed by atoms with van der Waals surface area (Å²) in [5.74, 6) is 0.282. The van der Waals surface area contributed by atoms with Crippen molar-refractivity contribution in [2.24, 2.45) is 0 Å². The third-order valence-electron chi connectivity index (χ3n) is 4.27. The summed E-state index contributed by atoms with van der Waals surface area (Å²) in [7, 11) is 0. The summed E-state index contributed by atoms with van der Waals surface area (Å²) >= 11 is 1.55. The van der Waals surface area contributed by atoms with Gasteiger partial charge in [-0.3, -0.25) is 4.79 Å². The van der Waals surface area contributed by atoms with E-state index in [1.54, 1.807) is 11.3 Å². The number of benzene rings is 1. The number of anilines is 1. The van der Waals surface area contributed by atoms with Gasteiger partial charge in [-0.15, -0.1) is 11.3 Å². The molecule has 140 valence electrons. The van der Waals surface area contributed by atoms with Crippen molar-refractivity contribution in [1.82, 2.24) is 4.98 Å². The van der Waals surface area contributed by atoms with Gasteiger partial charge in [-0.25, -0.2) is 4.98 Å². The molecule has 1 aliphatic rings. The van der Waals surface area contributed by atoms with Gasteiger partial charge in [-0.05, 0) is 18.8 Å². The number of hydrogen-bond donors (Lipinski definition) is 1. The van der Waals surface area contributed by atoms with Crippen molar-refractivity contribution in [3.05, 3.63) is 35.2 Å². The molecular weight excluding hydrogens is 348 g/mol. The second kappa shape index (κ2) is 9.26. The van der Waals surface area contributed by atoms with Crippen molar-refractivity contribution >= 4 is 22.4 Å². The number of ether oxygens (including phenoxy) is 2. The van der Waals surface area contributed by atoms with E-state index in [4.69, 9.17) is 9.47 Å². The molecule has 2 aromatic rings. The maximum absolute atomic E-state index is 12.2. The third kappa shape index (κ3) is 5.13. The van der Waals surface area contributed by atoms with Gasteiger partial charge in [0.05, 0.1) is 31.4 Å². The van der Waals surface area contributed by atoms with Gasteiger partial charge in [0, 0.05) is 17.0 Å². The number of rotatable bonds is 8. The fourth-order valence-electron chi connectivity index (χ4n) is 2.92. The fraction of sp³-hybridized carbons (Fsp3) is 0.500. The fourth-order valence-corrected chi connectivity index (χ4v) is 3.92. The Morgan fingerprint density at radius 1 is 1.38 bits per heavy atom. The lowest BCUT2D eigenvalue weighted by atomic mass is 10.1. The van der Waals surface area contributed by atoms with Crippen LogP contribution in [-0.4, -0.2) is 36.8 Å². The molecule has 0 spiro atoms. The second-order valence-electron chi connectivity index (χ2n) is 6.76. The molecule has 1 atom stereocenters. The molecule has 1 aromatic heterocycles. The van der Waals surface area contributed by atoms with Crippen LogP contribution in [0.3, 0.4) is 0 Å². The van der Waals surface area contributed by atoms with Gasteiger partial charge in [0.25, 0.3) is 0 Å². The van der Waals surface area contributed by atoms with Crippen LogP contribution in [0.25, 0.3) is 11.3 Å². The van der Waals surface area contributed by atoms with Crippen LogP contribution < -0.4 is 5.32 Å². The number of thiazole rings is 1. The van der Waals surface area contributed by atoms with Crippen LogP contribution >= 0.6 is 11.3 Å². The van der Waals surface area contributed by atoms with Crippen molar-refractivity contribution in [2.45, 2.75) is 45.1 Å². The highest BCUT2D eigenvalue weighted by molar-refractivity contribution is 7.16. The Balaban J connectivity index is 1.54. The third-order valence-corrected chi connectivity index (χ3v) is 5.54. The number of carbonyl (C=O) groups excluding carboxylic acids is 1. The zero-order valence-corrected chi connectivity index (χ0v) is 16.2. The Hall–Kier alpha value is -1.76. The minimum Gasteiger partial charge on any atom is -0.378 e. The van der Waals surface area contributed by atoms with Crippen LogP contribution in [0, 0.1) is 0 Å². The van der Waals surface area contributed by atoms with Crippen molar-refractivity contribution in [1.29, 1.82) is 0 Å². The predicted octanol–water partition coefficient (Wildman–Crippen LogP) is 4.46. The van der Waals surface area contributed by atoms with E-state index in [1.165, 1.54) is 4.88 Å². The summed E-state index contributed by atoms with van der Waals surface area (Å²) in [4.78, 5) is 18.0. The average Bonchev–Trinajstić information content (AvgIpc) is 3.29. The van der Waals surface area contributed by atoms with E-state index in [2.05, 4.69) is 24.1 Å². The average molecular weight is 375 g/mol. The first kappa shape index (κ1) is 19.0. The van der Waals surface area contributed by atoms with E-state index < -0.39 is 0 Å². The normalized spacial score (nSPS) is 17.0. The lowest BCUT2D eigenvalue weighted by molar-refractivity contribution is -0.117. The molecule has 5 nitrogen and oxygen atoms in total. The van der Waals surface area contributed by atoms with Crippen LogP contribution in [-0.2, 0) is 14.3 Å². The minimum absolute atomic E-state index is 0.0685. The summed E-state index contributed by atoms with van der Waals surface area (Å²) in [5.41, 5.74) is 2.03. The highest BCUT2D eigenvalue weighted by Gasteiger charge is 2.18. The van der Waals surface area contributed by atoms with E-state index in [9.17, 15) is 4.79 Å². The van der Waals surface area contributed by atoms with E-state index in [0.29, 0.717) is 30.7 Å². The first-order chi connectivity index (χ1) is 12.6. The SMILES string of the molecule is CC(C)c1sc(NC(=O)CCOCC2CCCO2)nc1-c1ccccc1. The molecule has 0 bridgehead atoms. The van der Waals surface area contributed by atoms with Crippen LogP contribution in [0.1, 0.15) is 43.9 Å². The molecule has 6 heteroatoms. The summed E-state index contributed by atoms with van der Waals surface area (Å²) < 4.78 is 11.1. The summed E-state index contributed by atoms with van der Waals surface area (Å²) in [6, 6.07) is 10.1. The van der Waals surface area contributed by atoms with Crippen molar-refractivity contribution in [3.63, 3.8) is 0 Å². The molecule has 1 saturated heterocycles. The molecule has 1 amide bonds. The smallest absolute Gasteiger partial charge is 0.228 e. The highest BCUT2D eigenvalue weighted by Crippen LogP contribution is 2.36. The molecule has 26 heavy (non-hydrogen) atoms. The van der Waals surface area contributed by atoms with Crippen LogP contribution in [0.2, 0.25) is 0 Å². The Kier molecular flexibility index (Phi) is 6.77. The Morgan fingerprint density at radius 3 is 2.88 bits per heavy atom. The molecule has 1 aliphatic heterocycles. The van der Waals surface area contributed by atoms with Crippen molar-refractivity contribution in [2.75, 3.05) is 25.1 Å². The number of carbonyl (C=O) groups is 1. The van der Waals surface area contributed by atoms with E-state index in [-0.39, 0.29) is 12.0 Å². The number of nitrogens with zero attached hydrogens (tertiary/aromatic N) is 1. The Labute approximate surface area is 158 Å². The highest BCUT2D eigenvalue weighted by atomic mass is 32.1. The van der Waals surface area contributed by atoms with Gasteiger partial charge in [0.2, 0.25) is 5.91 Å². The van der Waals surface area contributed by atoms with E-state index in [0.717, 1.165) is 30.7 Å². The Bertz CT molecular complexity index is 709. The summed E-state index contributed by atoms with van der Waals surface area (Å²) in [6.45, 7) is 6.08. The number of hydrogen-bond acceptors (Lipinski definition) is 5. The molecule has 2 heterocycles. The standard InChI is InChI=1S/C20H26N2O3S/c1-14(2)19-18(15-7-4-3-5-8-15)22-20(26-19)21-17(23)10-12-24-13-16-9-6-11-25-16/h3-5,7-8,14,16H,6,9-13H2,1-2H3,(H,21,22,23). The molecule has 1 N–H and O–H groups in total. The van der Waals surface area contributed by atoms with Gasteiger partial charge in [-0.1, -0.05) is 44.2 Å².